The number of rotatable bonds is 1. The molecule has 0 aliphatic carbocycles. The Hall–Kier alpha value is -0.980. The Kier molecular flexibility index (Phi) is 3.32. The van der Waals surface area contributed by atoms with Gasteiger partial charge in [0.1, 0.15) is 0 Å². The van der Waals surface area contributed by atoms with E-state index in [2.05, 4.69) is 27.6 Å². The Morgan fingerprint density at radius 2 is 1.89 bits per heavy atom. The summed E-state index contributed by atoms with van der Waals surface area (Å²) < 4.78 is 2.91. The van der Waals surface area contributed by atoms with E-state index < -0.39 is 0 Å². The molecule has 0 saturated heterocycles. The van der Waals surface area contributed by atoms with Gasteiger partial charge in [0.25, 0.3) is 0 Å². The molecular weight excluding hydrogens is 396 g/mol. The van der Waals surface area contributed by atoms with E-state index in [1.165, 1.54) is 0 Å². The highest BCUT2D eigenvalue weighted by Gasteiger charge is 2.13. The van der Waals surface area contributed by atoms with Crippen LogP contribution in [0.4, 0.5) is 5.95 Å². The van der Waals surface area contributed by atoms with Crippen molar-refractivity contribution in [2.45, 2.75) is 0 Å². The van der Waals surface area contributed by atoms with Gasteiger partial charge in [-0.25, -0.2) is 4.98 Å². The quantitative estimate of drug-likeness (QED) is 0.607. The van der Waals surface area contributed by atoms with Crippen LogP contribution >= 0.6 is 45.8 Å². The molecule has 96 valence electrons. The molecule has 0 unspecified atom stereocenters. The molecule has 2 N–H and O–H groups in total. The van der Waals surface area contributed by atoms with Crippen molar-refractivity contribution in [2.75, 3.05) is 5.73 Å². The molecule has 6 heteroatoms. The van der Waals surface area contributed by atoms with E-state index in [1.54, 1.807) is 22.8 Å². The molecule has 0 aliphatic rings. The van der Waals surface area contributed by atoms with Gasteiger partial charge in [-0.15, -0.1) is 0 Å². The molecule has 1 heterocycles. The maximum Gasteiger partial charge on any atom is 0.205 e. The van der Waals surface area contributed by atoms with Gasteiger partial charge in [0.05, 0.1) is 21.7 Å². The maximum atomic E-state index is 6.23. The van der Waals surface area contributed by atoms with E-state index in [4.69, 9.17) is 28.9 Å². The molecule has 3 aromatic rings. The molecule has 19 heavy (non-hydrogen) atoms. The summed E-state index contributed by atoms with van der Waals surface area (Å²) in [7, 11) is 0. The van der Waals surface area contributed by atoms with Crippen LogP contribution in [-0.4, -0.2) is 9.55 Å². The van der Waals surface area contributed by atoms with Crippen molar-refractivity contribution < 1.29 is 0 Å². The first kappa shape index (κ1) is 13.0. The highest BCUT2D eigenvalue weighted by atomic mass is 127. The third kappa shape index (κ3) is 2.28. The number of imidazole rings is 1. The standard InChI is InChI=1S/C13H8Cl2IN3/c14-7-1-3-9(15)12(5-7)19-11-4-2-8(16)6-10(11)18-13(19)17/h1-6H,(H2,17,18). The van der Waals surface area contributed by atoms with Gasteiger partial charge in [-0.2, -0.15) is 0 Å². The zero-order chi connectivity index (χ0) is 13.6. The minimum Gasteiger partial charge on any atom is -0.369 e. The molecule has 3 rings (SSSR count). The van der Waals surface area contributed by atoms with Crippen molar-refractivity contribution in [1.82, 2.24) is 9.55 Å². The Balaban J connectivity index is 2.36. The number of aromatic nitrogens is 2. The van der Waals surface area contributed by atoms with E-state index in [1.807, 2.05) is 18.2 Å². The predicted molar refractivity (Wildman–Crippen MR) is 88.2 cm³/mol. The zero-order valence-corrected chi connectivity index (χ0v) is 13.2. The lowest BCUT2D eigenvalue weighted by Crippen LogP contribution is -2.01. The summed E-state index contributed by atoms with van der Waals surface area (Å²) in [6.45, 7) is 0. The van der Waals surface area contributed by atoms with E-state index in [0.29, 0.717) is 16.0 Å². The maximum absolute atomic E-state index is 6.23. The van der Waals surface area contributed by atoms with Gasteiger partial charge in [-0.1, -0.05) is 23.2 Å². The second-order valence-electron chi connectivity index (χ2n) is 4.03. The molecule has 0 saturated carbocycles. The van der Waals surface area contributed by atoms with Crippen LogP contribution in [0, 0.1) is 3.57 Å². The van der Waals surface area contributed by atoms with Crippen LogP contribution in [0.1, 0.15) is 0 Å². The third-order valence-electron chi connectivity index (χ3n) is 2.79. The van der Waals surface area contributed by atoms with Crippen molar-refractivity contribution in [2.24, 2.45) is 0 Å². The lowest BCUT2D eigenvalue weighted by Gasteiger charge is -2.09. The highest BCUT2D eigenvalue weighted by molar-refractivity contribution is 14.1. The second kappa shape index (κ2) is 4.85. The number of nitrogens with zero attached hydrogens (tertiary/aromatic N) is 2. The molecule has 2 aromatic carbocycles. The number of nitrogen functional groups attached to an aromatic ring is 1. The molecule has 1 aromatic heterocycles. The minimum atomic E-state index is 0.390. The van der Waals surface area contributed by atoms with Crippen LogP contribution in [0.2, 0.25) is 10.0 Å². The molecule has 0 fully saturated rings. The Bertz CT molecular complexity index is 783. The van der Waals surface area contributed by atoms with Crippen molar-refractivity contribution in [1.29, 1.82) is 0 Å². The van der Waals surface area contributed by atoms with Gasteiger partial charge in [0.15, 0.2) is 0 Å². The topological polar surface area (TPSA) is 43.8 Å². The van der Waals surface area contributed by atoms with E-state index in [0.717, 1.165) is 20.3 Å². The average Bonchev–Trinajstić information content (AvgIpc) is 2.67. The minimum absolute atomic E-state index is 0.390. The molecule has 0 spiro atoms. The van der Waals surface area contributed by atoms with Crippen molar-refractivity contribution in [3.8, 4) is 5.69 Å². The fourth-order valence-electron chi connectivity index (χ4n) is 1.98. The van der Waals surface area contributed by atoms with Crippen LogP contribution in [0.15, 0.2) is 36.4 Å². The zero-order valence-electron chi connectivity index (χ0n) is 9.57. The number of anilines is 1. The Morgan fingerprint density at radius 3 is 2.68 bits per heavy atom. The molecule has 0 amide bonds. The fourth-order valence-corrected chi connectivity index (χ4v) is 2.83. The van der Waals surface area contributed by atoms with Gasteiger partial charge in [0, 0.05) is 8.59 Å². The number of hydrogen-bond donors (Lipinski definition) is 1. The van der Waals surface area contributed by atoms with Crippen molar-refractivity contribution >= 4 is 62.8 Å². The van der Waals surface area contributed by atoms with Crippen LogP contribution < -0.4 is 5.73 Å². The van der Waals surface area contributed by atoms with Crippen molar-refractivity contribution in [3.63, 3.8) is 0 Å². The molecular formula is C13H8Cl2IN3. The van der Waals surface area contributed by atoms with Crippen molar-refractivity contribution in [3.05, 3.63) is 50.0 Å². The molecule has 3 nitrogen and oxygen atoms in total. The van der Waals surface area contributed by atoms with E-state index >= 15 is 0 Å². The van der Waals surface area contributed by atoms with Gasteiger partial charge in [0.2, 0.25) is 5.95 Å². The lowest BCUT2D eigenvalue weighted by molar-refractivity contribution is 1.11. The monoisotopic (exact) mass is 403 g/mol. The van der Waals surface area contributed by atoms with Crippen LogP contribution in [0.5, 0.6) is 0 Å². The molecule has 0 radical (unpaired) electrons. The summed E-state index contributed by atoms with van der Waals surface area (Å²) in [4.78, 5) is 4.36. The summed E-state index contributed by atoms with van der Waals surface area (Å²) >= 11 is 14.5. The summed E-state index contributed by atoms with van der Waals surface area (Å²) in [5, 5.41) is 1.18. The number of hydrogen-bond acceptors (Lipinski definition) is 2. The van der Waals surface area contributed by atoms with Gasteiger partial charge < -0.3 is 5.73 Å². The first-order chi connectivity index (χ1) is 9.06. The number of fused-ring (bicyclic) bond motifs is 1. The average molecular weight is 404 g/mol. The van der Waals surface area contributed by atoms with Crippen LogP contribution in [0.25, 0.3) is 16.7 Å². The van der Waals surface area contributed by atoms with Gasteiger partial charge in [-0.3, -0.25) is 4.57 Å². The molecule has 0 atom stereocenters. The first-order valence-corrected chi connectivity index (χ1v) is 7.28. The Labute approximate surface area is 133 Å². The summed E-state index contributed by atoms with van der Waals surface area (Å²) in [6, 6.07) is 11.2. The second-order valence-corrected chi connectivity index (χ2v) is 6.12. The predicted octanol–water partition coefficient (Wildman–Crippen LogP) is 4.52. The third-order valence-corrected chi connectivity index (χ3v) is 4.02. The van der Waals surface area contributed by atoms with E-state index in [-0.39, 0.29) is 0 Å². The summed E-state index contributed by atoms with van der Waals surface area (Å²) in [5.41, 5.74) is 8.47. The van der Waals surface area contributed by atoms with Gasteiger partial charge >= 0.3 is 0 Å². The smallest absolute Gasteiger partial charge is 0.205 e. The largest absolute Gasteiger partial charge is 0.369 e. The molecule has 0 aliphatic heterocycles. The normalized spacial score (nSPS) is 11.1. The fraction of sp³-hybridized carbons (Fsp3) is 0. The number of nitrogens with two attached hydrogens (primary N) is 1. The van der Waals surface area contributed by atoms with Crippen LogP contribution in [0.3, 0.4) is 0 Å². The first-order valence-electron chi connectivity index (χ1n) is 5.45. The lowest BCUT2D eigenvalue weighted by atomic mass is 10.3. The van der Waals surface area contributed by atoms with Crippen LogP contribution in [-0.2, 0) is 0 Å². The number of benzene rings is 2. The van der Waals surface area contributed by atoms with Gasteiger partial charge in [-0.05, 0) is 59.0 Å². The molecule has 0 bridgehead atoms. The summed E-state index contributed by atoms with van der Waals surface area (Å²) in [6.07, 6.45) is 0. The SMILES string of the molecule is Nc1nc2cc(I)ccc2n1-c1cc(Cl)ccc1Cl. The highest BCUT2D eigenvalue weighted by Crippen LogP contribution is 2.30. The Morgan fingerprint density at radius 1 is 1.11 bits per heavy atom. The summed E-state index contributed by atoms with van der Waals surface area (Å²) in [5.74, 6) is 0.390. The number of halogens is 3. The van der Waals surface area contributed by atoms with E-state index in [9.17, 15) is 0 Å².